The number of aryl methyl sites for hydroxylation is 2. The molecule has 0 aromatic carbocycles. The minimum atomic E-state index is -3.59. The molecule has 1 atom stereocenters. The van der Waals surface area contributed by atoms with Crippen LogP contribution in [0, 0.1) is 6.92 Å². The van der Waals surface area contributed by atoms with Crippen molar-refractivity contribution in [2.75, 3.05) is 26.8 Å². The van der Waals surface area contributed by atoms with E-state index in [9.17, 15) is 8.42 Å². The normalized spacial score (nSPS) is 21.8. The third-order valence-corrected chi connectivity index (χ3v) is 5.19. The van der Waals surface area contributed by atoms with Crippen LogP contribution in [0.3, 0.4) is 0 Å². The highest BCUT2D eigenvalue weighted by Gasteiger charge is 2.35. The van der Waals surface area contributed by atoms with Crippen molar-refractivity contribution in [2.24, 2.45) is 0 Å². The standard InChI is InChI=1S/C13H24N4O3S.ClH/c1-4-17-8-12(16-11(17)2)21(18,19)15-9-13(10-20-3)6-5-7-14-13;/h8,14-15H,4-7,9-10H2,1-3H3;1H. The molecule has 9 heteroatoms. The van der Waals surface area contributed by atoms with Crippen LogP contribution in [-0.2, 0) is 21.3 Å². The molecule has 1 aliphatic heterocycles. The van der Waals surface area contributed by atoms with Crippen LogP contribution in [-0.4, -0.2) is 50.3 Å². The fourth-order valence-electron chi connectivity index (χ4n) is 2.71. The minimum Gasteiger partial charge on any atom is -0.383 e. The molecule has 2 N–H and O–H groups in total. The molecule has 1 aliphatic rings. The van der Waals surface area contributed by atoms with Gasteiger partial charge < -0.3 is 14.6 Å². The van der Waals surface area contributed by atoms with Gasteiger partial charge in [0.05, 0.1) is 12.1 Å². The lowest BCUT2D eigenvalue weighted by molar-refractivity contribution is 0.122. The number of nitrogens with one attached hydrogen (secondary N) is 2. The van der Waals surface area contributed by atoms with Gasteiger partial charge >= 0.3 is 0 Å². The average molecular weight is 353 g/mol. The third-order valence-electron chi connectivity index (χ3n) is 3.92. The molecule has 128 valence electrons. The Morgan fingerprint density at radius 3 is 2.77 bits per heavy atom. The zero-order valence-electron chi connectivity index (χ0n) is 13.3. The molecule has 1 aromatic heterocycles. The third kappa shape index (κ3) is 4.20. The van der Waals surface area contributed by atoms with Gasteiger partial charge in [0, 0.05) is 26.4 Å². The zero-order valence-corrected chi connectivity index (χ0v) is 14.9. The molecule has 1 saturated heterocycles. The summed E-state index contributed by atoms with van der Waals surface area (Å²) in [6.07, 6.45) is 3.49. The second-order valence-corrected chi connectivity index (χ2v) is 7.19. The highest BCUT2D eigenvalue weighted by Crippen LogP contribution is 2.20. The van der Waals surface area contributed by atoms with Gasteiger partial charge in [0.1, 0.15) is 5.82 Å². The Morgan fingerprint density at radius 1 is 1.55 bits per heavy atom. The van der Waals surface area contributed by atoms with Crippen LogP contribution in [0.1, 0.15) is 25.6 Å². The van der Waals surface area contributed by atoms with Crippen LogP contribution in [0.15, 0.2) is 11.2 Å². The first kappa shape index (κ1) is 19.4. The lowest BCUT2D eigenvalue weighted by Gasteiger charge is -2.28. The van der Waals surface area contributed by atoms with Crippen molar-refractivity contribution in [1.82, 2.24) is 19.6 Å². The molecule has 1 fully saturated rings. The van der Waals surface area contributed by atoms with E-state index < -0.39 is 10.0 Å². The Labute approximate surface area is 138 Å². The molecule has 0 spiro atoms. The van der Waals surface area contributed by atoms with E-state index in [4.69, 9.17) is 4.74 Å². The fourth-order valence-corrected chi connectivity index (χ4v) is 3.84. The summed E-state index contributed by atoms with van der Waals surface area (Å²) >= 11 is 0. The van der Waals surface area contributed by atoms with Crippen molar-refractivity contribution < 1.29 is 13.2 Å². The van der Waals surface area contributed by atoms with E-state index >= 15 is 0 Å². The Balaban J connectivity index is 0.00000242. The van der Waals surface area contributed by atoms with E-state index in [0.29, 0.717) is 25.5 Å². The summed E-state index contributed by atoms with van der Waals surface area (Å²) in [5, 5.41) is 3.42. The summed E-state index contributed by atoms with van der Waals surface area (Å²) in [6.45, 7) is 6.12. The van der Waals surface area contributed by atoms with Gasteiger partial charge in [-0.2, -0.15) is 0 Å². The van der Waals surface area contributed by atoms with Crippen LogP contribution < -0.4 is 10.0 Å². The predicted octanol–water partition coefficient (Wildman–Crippen LogP) is 0.680. The van der Waals surface area contributed by atoms with Gasteiger partial charge in [-0.05, 0) is 33.2 Å². The lowest BCUT2D eigenvalue weighted by atomic mass is 9.99. The van der Waals surface area contributed by atoms with Crippen molar-refractivity contribution in [3.05, 3.63) is 12.0 Å². The summed E-state index contributed by atoms with van der Waals surface area (Å²) < 4.78 is 34.4. The highest BCUT2D eigenvalue weighted by molar-refractivity contribution is 7.89. The SMILES string of the molecule is CCn1cc(S(=O)(=O)NCC2(COC)CCCN2)nc1C.Cl. The summed E-state index contributed by atoms with van der Waals surface area (Å²) in [7, 11) is -1.97. The number of methoxy groups -OCH3 is 1. The van der Waals surface area contributed by atoms with Gasteiger partial charge in [0.25, 0.3) is 10.0 Å². The van der Waals surface area contributed by atoms with Crippen LogP contribution in [0.25, 0.3) is 0 Å². The molecule has 2 heterocycles. The van der Waals surface area contributed by atoms with Gasteiger partial charge in [0.15, 0.2) is 5.03 Å². The molecule has 1 unspecified atom stereocenters. The monoisotopic (exact) mass is 352 g/mol. The second-order valence-electron chi connectivity index (χ2n) is 5.48. The van der Waals surface area contributed by atoms with Gasteiger partial charge in [-0.1, -0.05) is 0 Å². The minimum absolute atomic E-state index is 0. The molecule has 22 heavy (non-hydrogen) atoms. The summed E-state index contributed by atoms with van der Waals surface area (Å²) in [4.78, 5) is 4.13. The Bertz CT molecular complexity index is 582. The van der Waals surface area contributed by atoms with Gasteiger partial charge in [-0.15, -0.1) is 12.4 Å². The van der Waals surface area contributed by atoms with Crippen molar-refractivity contribution in [1.29, 1.82) is 0 Å². The van der Waals surface area contributed by atoms with E-state index in [-0.39, 0.29) is 23.0 Å². The van der Waals surface area contributed by atoms with E-state index in [2.05, 4.69) is 15.0 Å². The van der Waals surface area contributed by atoms with Gasteiger partial charge in [0.2, 0.25) is 0 Å². The summed E-state index contributed by atoms with van der Waals surface area (Å²) in [6, 6.07) is 0. The Hall–Kier alpha value is -0.670. The molecular weight excluding hydrogens is 328 g/mol. The topological polar surface area (TPSA) is 85.2 Å². The van der Waals surface area contributed by atoms with Crippen molar-refractivity contribution in [3.8, 4) is 0 Å². The number of hydrogen-bond acceptors (Lipinski definition) is 5. The van der Waals surface area contributed by atoms with E-state index in [0.717, 1.165) is 19.4 Å². The molecule has 0 aliphatic carbocycles. The number of sulfonamides is 1. The summed E-state index contributed by atoms with van der Waals surface area (Å²) in [5.41, 5.74) is -0.315. The lowest BCUT2D eigenvalue weighted by Crippen LogP contribution is -2.52. The van der Waals surface area contributed by atoms with Crippen LogP contribution in [0.5, 0.6) is 0 Å². The van der Waals surface area contributed by atoms with E-state index in [1.54, 1.807) is 20.2 Å². The van der Waals surface area contributed by atoms with E-state index in [1.807, 2.05) is 11.5 Å². The first-order valence-corrected chi connectivity index (χ1v) is 8.68. The number of halogens is 1. The molecule has 2 rings (SSSR count). The maximum absolute atomic E-state index is 12.4. The van der Waals surface area contributed by atoms with Crippen LogP contribution in [0.2, 0.25) is 0 Å². The van der Waals surface area contributed by atoms with Gasteiger partial charge in [-0.3, -0.25) is 0 Å². The molecule has 0 bridgehead atoms. The van der Waals surface area contributed by atoms with Crippen molar-refractivity contribution in [3.63, 3.8) is 0 Å². The second kappa shape index (κ2) is 7.74. The van der Waals surface area contributed by atoms with Crippen LogP contribution in [0.4, 0.5) is 0 Å². The molecular formula is C13H25ClN4O3S. The largest absolute Gasteiger partial charge is 0.383 e. The molecule has 0 saturated carbocycles. The Kier molecular flexibility index (Phi) is 6.82. The number of nitrogens with zero attached hydrogens (tertiary/aromatic N) is 2. The summed E-state index contributed by atoms with van der Waals surface area (Å²) in [5.74, 6) is 0.698. The number of rotatable bonds is 7. The predicted molar refractivity (Wildman–Crippen MR) is 86.9 cm³/mol. The average Bonchev–Trinajstić information content (AvgIpc) is 3.05. The fraction of sp³-hybridized carbons (Fsp3) is 0.769. The van der Waals surface area contributed by atoms with Crippen molar-refractivity contribution >= 4 is 22.4 Å². The highest BCUT2D eigenvalue weighted by atomic mass is 35.5. The first-order chi connectivity index (χ1) is 9.92. The maximum atomic E-state index is 12.4. The van der Waals surface area contributed by atoms with E-state index in [1.165, 1.54) is 0 Å². The molecule has 0 amide bonds. The quantitative estimate of drug-likeness (QED) is 0.753. The van der Waals surface area contributed by atoms with Crippen LogP contribution >= 0.6 is 12.4 Å². The van der Waals surface area contributed by atoms with Gasteiger partial charge in [-0.25, -0.2) is 18.1 Å². The molecule has 1 aromatic rings. The number of ether oxygens (including phenoxy) is 1. The first-order valence-electron chi connectivity index (χ1n) is 7.20. The number of hydrogen-bond donors (Lipinski definition) is 2. The van der Waals surface area contributed by atoms with Crippen molar-refractivity contribution in [2.45, 2.75) is 43.8 Å². The molecule has 0 radical (unpaired) electrons. The molecule has 7 nitrogen and oxygen atoms in total. The smallest absolute Gasteiger partial charge is 0.259 e. The number of imidazole rings is 1. The Morgan fingerprint density at radius 2 is 2.27 bits per heavy atom. The maximum Gasteiger partial charge on any atom is 0.259 e. The number of aromatic nitrogens is 2. The zero-order chi connectivity index (χ0) is 15.5.